The van der Waals surface area contributed by atoms with E-state index in [1.165, 1.54) is 24.3 Å². The summed E-state index contributed by atoms with van der Waals surface area (Å²) in [6.45, 7) is 3.81. The summed E-state index contributed by atoms with van der Waals surface area (Å²) in [5.41, 5.74) is 8.61. The van der Waals surface area contributed by atoms with Gasteiger partial charge in [0.05, 0.1) is 27.3 Å². The van der Waals surface area contributed by atoms with E-state index in [2.05, 4.69) is 25.5 Å². The Labute approximate surface area is 202 Å². The van der Waals surface area contributed by atoms with Crippen LogP contribution >= 0.6 is 0 Å². The number of nitrogens with one attached hydrogen (secondary N) is 3. The highest BCUT2D eigenvalue weighted by Gasteiger charge is 2.17. The first-order valence-corrected chi connectivity index (χ1v) is 12.2. The first-order valence-electron chi connectivity index (χ1n) is 10.7. The molecule has 2 amide bonds. The van der Waals surface area contributed by atoms with Crippen LogP contribution in [0.4, 0.5) is 0 Å². The van der Waals surface area contributed by atoms with E-state index < -0.39 is 21.8 Å². The molecule has 3 N–H and O–H groups in total. The maximum Gasteiger partial charge on any atom is 0.269 e. The highest BCUT2D eigenvalue weighted by molar-refractivity contribution is 7.89. The van der Waals surface area contributed by atoms with Gasteiger partial charge < -0.3 is 0 Å². The number of sulfonamides is 1. The molecule has 9 nitrogen and oxygen atoms in total. The minimum atomic E-state index is -3.85. The fourth-order valence-corrected chi connectivity index (χ4v) is 4.36. The summed E-state index contributed by atoms with van der Waals surface area (Å²) in [7, 11) is -3.85. The number of benzene rings is 3. The third kappa shape index (κ3) is 5.68. The van der Waals surface area contributed by atoms with Crippen molar-refractivity contribution in [1.82, 2.24) is 25.5 Å². The van der Waals surface area contributed by atoms with Crippen LogP contribution in [-0.2, 0) is 16.6 Å². The lowest BCUT2D eigenvalue weighted by molar-refractivity contribution is 0.0846. The van der Waals surface area contributed by atoms with Gasteiger partial charge in [0.1, 0.15) is 0 Å². The maximum absolute atomic E-state index is 12.7. The first-order chi connectivity index (χ1) is 16.7. The van der Waals surface area contributed by atoms with E-state index in [4.69, 9.17) is 0 Å². The summed E-state index contributed by atoms with van der Waals surface area (Å²) in [6.07, 6.45) is 0. The van der Waals surface area contributed by atoms with E-state index in [1.54, 1.807) is 30.3 Å². The van der Waals surface area contributed by atoms with E-state index in [0.717, 1.165) is 17.0 Å². The summed E-state index contributed by atoms with van der Waals surface area (Å²) in [5.74, 6) is -1.21. The Morgan fingerprint density at radius 1 is 0.743 bits per heavy atom. The predicted molar refractivity (Wildman–Crippen MR) is 131 cm³/mol. The minimum Gasteiger partial charge on any atom is -0.267 e. The van der Waals surface area contributed by atoms with Gasteiger partial charge >= 0.3 is 0 Å². The third-order valence-electron chi connectivity index (χ3n) is 5.34. The van der Waals surface area contributed by atoms with Crippen LogP contribution in [0.2, 0.25) is 0 Å². The summed E-state index contributed by atoms with van der Waals surface area (Å²) < 4.78 is 27.8. The van der Waals surface area contributed by atoms with Crippen molar-refractivity contribution >= 4 is 32.9 Å². The van der Waals surface area contributed by atoms with Crippen molar-refractivity contribution in [2.24, 2.45) is 0 Å². The average molecular weight is 490 g/mol. The van der Waals surface area contributed by atoms with Crippen LogP contribution in [0.5, 0.6) is 0 Å². The lowest BCUT2D eigenvalue weighted by Gasteiger charge is -2.10. The number of fused-ring (bicyclic) bond motifs is 1. The SMILES string of the molecule is Cc1nc2ccc(C(=O)NNC(=O)c3cccc(S(=O)(=O)NCc4ccccc4)c3)cc2nc1C. The van der Waals surface area contributed by atoms with E-state index in [-0.39, 0.29) is 22.6 Å². The molecule has 0 spiro atoms. The van der Waals surface area contributed by atoms with Crippen LogP contribution < -0.4 is 15.6 Å². The fraction of sp³-hybridized carbons (Fsp3) is 0.120. The number of aromatic nitrogens is 2. The normalized spacial score (nSPS) is 11.3. The quantitative estimate of drug-likeness (QED) is 0.357. The number of amides is 2. The van der Waals surface area contributed by atoms with Crippen LogP contribution in [0.3, 0.4) is 0 Å². The molecule has 0 atom stereocenters. The highest BCUT2D eigenvalue weighted by Crippen LogP contribution is 2.15. The number of hydrogen-bond donors (Lipinski definition) is 3. The monoisotopic (exact) mass is 489 g/mol. The Balaban J connectivity index is 1.42. The molecule has 3 aromatic carbocycles. The average Bonchev–Trinajstić information content (AvgIpc) is 2.87. The van der Waals surface area contributed by atoms with Crippen LogP contribution in [0.1, 0.15) is 37.7 Å². The number of carbonyl (C=O) groups is 2. The predicted octanol–water partition coefficient (Wildman–Crippen LogP) is 2.80. The van der Waals surface area contributed by atoms with Crippen LogP contribution in [0.25, 0.3) is 11.0 Å². The molecular weight excluding hydrogens is 466 g/mol. The first kappa shape index (κ1) is 24.0. The van der Waals surface area contributed by atoms with Crippen LogP contribution in [-0.4, -0.2) is 30.2 Å². The van der Waals surface area contributed by atoms with E-state index in [0.29, 0.717) is 11.0 Å². The molecule has 0 aliphatic heterocycles. The lowest BCUT2D eigenvalue weighted by atomic mass is 10.1. The zero-order chi connectivity index (χ0) is 25.0. The molecule has 10 heteroatoms. The van der Waals surface area contributed by atoms with Gasteiger partial charge in [-0.25, -0.2) is 23.1 Å². The third-order valence-corrected chi connectivity index (χ3v) is 6.74. The van der Waals surface area contributed by atoms with E-state index >= 15 is 0 Å². The Hall–Kier alpha value is -4.15. The molecule has 0 saturated heterocycles. The zero-order valence-corrected chi connectivity index (χ0v) is 19.9. The van der Waals surface area contributed by atoms with Crippen molar-refractivity contribution in [1.29, 1.82) is 0 Å². The van der Waals surface area contributed by atoms with Gasteiger partial charge in [-0.1, -0.05) is 36.4 Å². The smallest absolute Gasteiger partial charge is 0.267 e. The highest BCUT2D eigenvalue weighted by atomic mass is 32.2. The van der Waals surface area contributed by atoms with Gasteiger partial charge in [-0.15, -0.1) is 0 Å². The van der Waals surface area contributed by atoms with Crippen LogP contribution in [0, 0.1) is 13.8 Å². The Bertz CT molecular complexity index is 1520. The van der Waals surface area contributed by atoms with E-state index in [1.807, 2.05) is 32.0 Å². The van der Waals surface area contributed by atoms with Gasteiger partial charge in [-0.05, 0) is 55.8 Å². The summed E-state index contributed by atoms with van der Waals surface area (Å²) in [4.78, 5) is 33.9. The topological polar surface area (TPSA) is 130 Å². The molecule has 0 bridgehead atoms. The number of aryl methyl sites for hydroxylation is 2. The molecule has 0 radical (unpaired) electrons. The molecule has 4 aromatic rings. The largest absolute Gasteiger partial charge is 0.269 e. The van der Waals surface area contributed by atoms with E-state index in [9.17, 15) is 18.0 Å². The second kappa shape index (κ2) is 10.00. The maximum atomic E-state index is 12.7. The molecule has 1 aromatic heterocycles. The number of carbonyl (C=O) groups excluding carboxylic acids is 2. The Morgan fingerprint density at radius 2 is 1.37 bits per heavy atom. The Morgan fingerprint density at radius 3 is 2.06 bits per heavy atom. The van der Waals surface area contributed by atoms with Gasteiger partial charge in [-0.3, -0.25) is 20.4 Å². The zero-order valence-electron chi connectivity index (χ0n) is 19.1. The van der Waals surface area contributed by atoms with Gasteiger partial charge in [0.2, 0.25) is 10.0 Å². The number of rotatable bonds is 6. The number of nitrogens with zero attached hydrogens (tertiary/aromatic N) is 2. The fourth-order valence-electron chi connectivity index (χ4n) is 3.29. The lowest BCUT2D eigenvalue weighted by Crippen LogP contribution is -2.41. The summed E-state index contributed by atoms with van der Waals surface area (Å²) in [5, 5.41) is 0. The molecule has 0 saturated carbocycles. The molecule has 1 heterocycles. The molecule has 0 unspecified atom stereocenters. The molecule has 35 heavy (non-hydrogen) atoms. The summed E-state index contributed by atoms with van der Waals surface area (Å²) in [6, 6.07) is 19.5. The second-order valence-corrected chi connectivity index (χ2v) is 9.61. The second-order valence-electron chi connectivity index (χ2n) is 7.84. The molecule has 0 fully saturated rings. The summed E-state index contributed by atoms with van der Waals surface area (Å²) >= 11 is 0. The molecule has 0 aliphatic carbocycles. The van der Waals surface area contributed by atoms with Crippen molar-refractivity contribution in [3.8, 4) is 0 Å². The van der Waals surface area contributed by atoms with Gasteiger partial charge in [0.15, 0.2) is 0 Å². The van der Waals surface area contributed by atoms with Gasteiger partial charge in [-0.2, -0.15) is 0 Å². The van der Waals surface area contributed by atoms with Crippen molar-refractivity contribution in [2.75, 3.05) is 0 Å². The van der Waals surface area contributed by atoms with Crippen molar-refractivity contribution < 1.29 is 18.0 Å². The van der Waals surface area contributed by atoms with Crippen LogP contribution in [0.15, 0.2) is 77.7 Å². The minimum absolute atomic E-state index is 0.0637. The number of hydrogen-bond acceptors (Lipinski definition) is 6. The number of hydrazine groups is 1. The molecule has 4 rings (SSSR count). The molecule has 178 valence electrons. The van der Waals surface area contributed by atoms with Gasteiger partial charge in [0.25, 0.3) is 11.8 Å². The van der Waals surface area contributed by atoms with Gasteiger partial charge in [0, 0.05) is 17.7 Å². The molecule has 0 aliphatic rings. The Kier molecular flexibility index (Phi) is 6.85. The van der Waals surface area contributed by atoms with Crippen molar-refractivity contribution in [3.63, 3.8) is 0 Å². The van der Waals surface area contributed by atoms with Crippen molar-refractivity contribution in [3.05, 3.63) is 101 Å². The molecular formula is C25H23N5O4S. The standard InChI is InChI=1S/C25H23N5O4S/c1-16-17(2)28-23-14-20(11-12-22(23)27-16)25(32)30-29-24(31)19-9-6-10-21(13-19)35(33,34)26-15-18-7-4-3-5-8-18/h3-14,26H,15H2,1-2H3,(H,29,31)(H,30,32). The van der Waals surface area contributed by atoms with Crippen molar-refractivity contribution in [2.45, 2.75) is 25.3 Å².